The zero-order valence-corrected chi connectivity index (χ0v) is 13.9. The molecule has 0 radical (unpaired) electrons. The fourth-order valence-corrected chi connectivity index (χ4v) is 2.43. The Morgan fingerprint density at radius 1 is 0.692 bits per heavy atom. The smallest absolute Gasteiger partial charge is 0.257 e. The van der Waals surface area contributed by atoms with Crippen LogP contribution in [0.4, 0.5) is 11.4 Å². The van der Waals surface area contributed by atoms with Gasteiger partial charge in [-0.1, -0.05) is 48.5 Å². The zero-order valence-electron chi connectivity index (χ0n) is 13.9. The molecule has 3 N–H and O–H groups in total. The molecule has 5 heteroatoms. The second-order valence-corrected chi connectivity index (χ2v) is 5.70. The molecule has 0 heterocycles. The second-order valence-electron chi connectivity index (χ2n) is 5.70. The fraction of sp³-hybridized carbons (Fsp3) is 0.0476. The van der Waals surface area contributed by atoms with E-state index in [-0.39, 0.29) is 5.91 Å². The number of carbonyl (C=O) groups excluding carboxylic acids is 2. The monoisotopic (exact) mass is 346 g/mol. The molecule has 0 aliphatic rings. The van der Waals surface area contributed by atoms with Crippen LogP contribution in [0.1, 0.15) is 22.0 Å². The lowest BCUT2D eigenvalue weighted by Gasteiger charge is -2.12. The van der Waals surface area contributed by atoms with Crippen LogP contribution in [0.3, 0.4) is 0 Å². The number of benzene rings is 3. The van der Waals surface area contributed by atoms with Crippen LogP contribution in [0.5, 0.6) is 0 Å². The Balaban J connectivity index is 1.62. The molecule has 3 aromatic carbocycles. The number of aliphatic hydroxyl groups excluding tert-OH is 1. The van der Waals surface area contributed by atoms with E-state index in [1.165, 1.54) is 0 Å². The Kier molecular flexibility index (Phi) is 5.41. The van der Waals surface area contributed by atoms with Crippen molar-refractivity contribution in [3.63, 3.8) is 0 Å². The van der Waals surface area contributed by atoms with Gasteiger partial charge in [0.15, 0.2) is 6.10 Å². The SMILES string of the molecule is O=C(Nc1ccccc1)c1ccc(NC(=O)C(O)c2ccccc2)cc1. The van der Waals surface area contributed by atoms with Crippen LogP contribution in [0.15, 0.2) is 84.9 Å². The van der Waals surface area contributed by atoms with Crippen molar-refractivity contribution in [2.75, 3.05) is 10.6 Å². The Hall–Kier alpha value is -3.44. The van der Waals surface area contributed by atoms with Crippen LogP contribution in [0.25, 0.3) is 0 Å². The van der Waals surface area contributed by atoms with Crippen LogP contribution in [-0.2, 0) is 4.79 Å². The van der Waals surface area contributed by atoms with Crippen molar-refractivity contribution in [3.8, 4) is 0 Å². The fourth-order valence-electron chi connectivity index (χ4n) is 2.43. The van der Waals surface area contributed by atoms with E-state index in [4.69, 9.17) is 0 Å². The third-order valence-electron chi connectivity index (χ3n) is 3.81. The molecule has 1 unspecified atom stereocenters. The summed E-state index contributed by atoms with van der Waals surface area (Å²) in [5.74, 6) is -0.768. The molecule has 2 amide bonds. The van der Waals surface area contributed by atoms with Gasteiger partial charge in [0.1, 0.15) is 0 Å². The van der Waals surface area contributed by atoms with Gasteiger partial charge in [0.05, 0.1) is 0 Å². The van der Waals surface area contributed by atoms with E-state index in [1.54, 1.807) is 60.7 Å². The summed E-state index contributed by atoms with van der Waals surface area (Å²) in [4.78, 5) is 24.3. The van der Waals surface area contributed by atoms with Crippen LogP contribution in [0, 0.1) is 0 Å². The van der Waals surface area contributed by atoms with E-state index in [2.05, 4.69) is 10.6 Å². The molecular weight excluding hydrogens is 328 g/mol. The first-order valence-electron chi connectivity index (χ1n) is 8.14. The van der Waals surface area contributed by atoms with Crippen LogP contribution in [0.2, 0.25) is 0 Å². The second kappa shape index (κ2) is 8.09. The molecule has 0 aromatic heterocycles. The molecule has 3 rings (SSSR count). The van der Waals surface area contributed by atoms with Crippen molar-refractivity contribution in [3.05, 3.63) is 96.1 Å². The molecular formula is C21H18N2O3. The molecule has 0 bridgehead atoms. The molecule has 0 saturated carbocycles. The number of aliphatic hydroxyl groups is 1. The predicted octanol–water partition coefficient (Wildman–Crippen LogP) is 3.61. The summed E-state index contributed by atoms with van der Waals surface area (Å²) >= 11 is 0. The molecule has 26 heavy (non-hydrogen) atoms. The maximum atomic E-state index is 12.2. The third-order valence-corrected chi connectivity index (χ3v) is 3.81. The lowest BCUT2D eigenvalue weighted by molar-refractivity contribution is -0.124. The van der Waals surface area contributed by atoms with Gasteiger partial charge in [-0.2, -0.15) is 0 Å². The van der Waals surface area contributed by atoms with Gasteiger partial charge in [0.25, 0.3) is 11.8 Å². The molecule has 0 spiro atoms. The van der Waals surface area contributed by atoms with Crippen molar-refractivity contribution in [2.45, 2.75) is 6.10 Å². The largest absolute Gasteiger partial charge is 0.378 e. The number of para-hydroxylation sites is 1. The summed E-state index contributed by atoms with van der Waals surface area (Å²) in [5, 5.41) is 15.5. The van der Waals surface area contributed by atoms with Crippen molar-refractivity contribution in [2.24, 2.45) is 0 Å². The molecule has 1 atom stereocenters. The van der Waals surface area contributed by atoms with Crippen LogP contribution >= 0.6 is 0 Å². The lowest BCUT2D eigenvalue weighted by atomic mass is 10.1. The quantitative estimate of drug-likeness (QED) is 0.660. The number of nitrogens with one attached hydrogen (secondary N) is 2. The van der Waals surface area contributed by atoms with E-state index in [0.29, 0.717) is 22.5 Å². The average Bonchev–Trinajstić information content (AvgIpc) is 2.69. The first-order chi connectivity index (χ1) is 12.6. The van der Waals surface area contributed by atoms with Gasteiger partial charge >= 0.3 is 0 Å². The number of anilines is 2. The summed E-state index contributed by atoms with van der Waals surface area (Å²) < 4.78 is 0. The number of amides is 2. The molecule has 0 aliphatic heterocycles. The van der Waals surface area contributed by atoms with E-state index in [0.717, 1.165) is 0 Å². The van der Waals surface area contributed by atoms with Gasteiger partial charge in [-0.15, -0.1) is 0 Å². The molecule has 5 nitrogen and oxygen atoms in total. The first kappa shape index (κ1) is 17.4. The van der Waals surface area contributed by atoms with Crippen molar-refractivity contribution in [1.29, 1.82) is 0 Å². The predicted molar refractivity (Wildman–Crippen MR) is 101 cm³/mol. The highest BCUT2D eigenvalue weighted by molar-refractivity contribution is 6.04. The van der Waals surface area contributed by atoms with E-state index >= 15 is 0 Å². The zero-order chi connectivity index (χ0) is 18.4. The minimum absolute atomic E-state index is 0.238. The molecule has 130 valence electrons. The van der Waals surface area contributed by atoms with Crippen LogP contribution < -0.4 is 10.6 Å². The van der Waals surface area contributed by atoms with Gasteiger partial charge in [0.2, 0.25) is 0 Å². The van der Waals surface area contributed by atoms with Gasteiger partial charge in [0, 0.05) is 16.9 Å². The van der Waals surface area contributed by atoms with E-state index < -0.39 is 12.0 Å². The van der Waals surface area contributed by atoms with Gasteiger partial charge in [-0.25, -0.2) is 0 Å². The molecule has 0 aliphatic carbocycles. The highest BCUT2D eigenvalue weighted by Gasteiger charge is 2.17. The number of rotatable bonds is 5. The van der Waals surface area contributed by atoms with E-state index in [1.807, 2.05) is 24.3 Å². The minimum Gasteiger partial charge on any atom is -0.378 e. The minimum atomic E-state index is -1.25. The summed E-state index contributed by atoms with van der Waals surface area (Å²) in [6.07, 6.45) is -1.25. The van der Waals surface area contributed by atoms with E-state index in [9.17, 15) is 14.7 Å². The van der Waals surface area contributed by atoms with Crippen molar-refractivity contribution in [1.82, 2.24) is 0 Å². The Labute approximate surface area is 151 Å². The topological polar surface area (TPSA) is 78.4 Å². The number of hydrogen-bond donors (Lipinski definition) is 3. The number of carbonyl (C=O) groups is 2. The Bertz CT molecular complexity index is 878. The van der Waals surface area contributed by atoms with Crippen LogP contribution in [-0.4, -0.2) is 16.9 Å². The lowest BCUT2D eigenvalue weighted by Crippen LogP contribution is -2.20. The summed E-state index contributed by atoms with van der Waals surface area (Å²) in [6.45, 7) is 0. The maximum absolute atomic E-state index is 12.2. The van der Waals surface area contributed by atoms with Gasteiger partial charge in [-0.05, 0) is 42.0 Å². The van der Waals surface area contributed by atoms with Crippen molar-refractivity contribution >= 4 is 23.2 Å². The Morgan fingerprint density at radius 3 is 1.85 bits per heavy atom. The summed E-state index contributed by atoms with van der Waals surface area (Å²) in [6, 6.07) is 24.3. The molecule has 0 saturated heterocycles. The average molecular weight is 346 g/mol. The first-order valence-corrected chi connectivity index (χ1v) is 8.14. The Morgan fingerprint density at radius 2 is 1.23 bits per heavy atom. The maximum Gasteiger partial charge on any atom is 0.257 e. The van der Waals surface area contributed by atoms with Gasteiger partial charge in [-0.3, -0.25) is 9.59 Å². The molecule has 3 aromatic rings. The van der Waals surface area contributed by atoms with Gasteiger partial charge < -0.3 is 15.7 Å². The molecule has 0 fully saturated rings. The number of hydrogen-bond acceptors (Lipinski definition) is 3. The normalized spacial score (nSPS) is 11.4. The third kappa shape index (κ3) is 4.34. The summed E-state index contributed by atoms with van der Waals surface area (Å²) in [7, 11) is 0. The highest BCUT2D eigenvalue weighted by atomic mass is 16.3. The summed E-state index contributed by atoms with van der Waals surface area (Å²) in [5.41, 5.74) is 2.20. The standard InChI is InChI=1S/C21H18N2O3/c24-19(15-7-3-1-4-8-15)21(26)23-18-13-11-16(12-14-18)20(25)22-17-9-5-2-6-10-17/h1-14,19,24H,(H,22,25)(H,23,26). The highest BCUT2D eigenvalue weighted by Crippen LogP contribution is 2.17. The van der Waals surface area contributed by atoms with Crippen molar-refractivity contribution < 1.29 is 14.7 Å².